The van der Waals surface area contributed by atoms with Crippen LogP contribution in [0.2, 0.25) is 0 Å². The van der Waals surface area contributed by atoms with Gasteiger partial charge < -0.3 is 23.8 Å². The third-order valence-electron chi connectivity index (χ3n) is 11.3. The van der Waals surface area contributed by atoms with Crippen molar-refractivity contribution in [3.05, 3.63) is 24.3 Å². The summed E-state index contributed by atoms with van der Waals surface area (Å²) in [4.78, 5) is 37.1. The fourth-order valence-corrected chi connectivity index (χ4v) is 7.48. The summed E-state index contributed by atoms with van der Waals surface area (Å²) in [7, 11) is 5.53. The van der Waals surface area contributed by atoms with Crippen molar-refractivity contribution in [3.63, 3.8) is 0 Å². The first-order valence-corrected chi connectivity index (χ1v) is 24.9. The molecule has 1 N–H and O–H groups in total. The molecule has 0 rings (SSSR count). The van der Waals surface area contributed by atoms with Gasteiger partial charge in [-0.2, -0.15) is 0 Å². The zero-order valence-corrected chi connectivity index (χ0v) is 39.5. The molecule has 2 unspecified atom stereocenters. The Bertz CT molecular complexity index is 1020. The van der Waals surface area contributed by atoms with Crippen LogP contribution in [-0.4, -0.2) is 80.6 Å². The maximum Gasteiger partial charge on any atom is 0.362 e. The number of aliphatic carboxylic acids is 1. The van der Waals surface area contributed by atoms with Crippen LogP contribution in [0.1, 0.15) is 232 Å². The summed E-state index contributed by atoms with van der Waals surface area (Å²) >= 11 is 0. The van der Waals surface area contributed by atoms with Gasteiger partial charge in [-0.05, 0) is 38.5 Å². The Hall–Kier alpha value is -2.19. The van der Waals surface area contributed by atoms with Crippen LogP contribution >= 0.6 is 0 Å². The highest BCUT2D eigenvalue weighted by Crippen LogP contribution is 2.16. The number of ether oxygens (including phenoxy) is 3. The Labute approximate surface area is 364 Å². The molecule has 59 heavy (non-hydrogen) atoms. The molecule has 0 fully saturated rings. The van der Waals surface area contributed by atoms with Gasteiger partial charge in [0.05, 0.1) is 34.4 Å². The Morgan fingerprint density at radius 2 is 0.932 bits per heavy atom. The van der Waals surface area contributed by atoms with Gasteiger partial charge in [-0.25, -0.2) is 4.79 Å². The minimum absolute atomic E-state index is 0.0521. The van der Waals surface area contributed by atoms with E-state index in [1.165, 1.54) is 128 Å². The normalized spacial score (nSPS) is 13.0. The van der Waals surface area contributed by atoms with Crippen molar-refractivity contribution in [2.45, 2.75) is 244 Å². The molecule has 0 spiro atoms. The predicted molar refractivity (Wildman–Crippen MR) is 248 cm³/mol. The van der Waals surface area contributed by atoms with Crippen molar-refractivity contribution >= 4 is 17.9 Å². The van der Waals surface area contributed by atoms with Gasteiger partial charge in [-0.1, -0.05) is 199 Å². The van der Waals surface area contributed by atoms with Crippen molar-refractivity contribution in [1.29, 1.82) is 0 Å². The molecule has 346 valence electrons. The monoisotopic (exact) mass is 835 g/mol. The maximum absolute atomic E-state index is 12.7. The molecule has 8 heteroatoms. The van der Waals surface area contributed by atoms with Gasteiger partial charge in [0.25, 0.3) is 0 Å². The number of carboxylic acids is 1. The largest absolute Gasteiger partial charge is 0.477 e. The minimum Gasteiger partial charge on any atom is -0.477 e. The first-order valence-electron chi connectivity index (χ1n) is 24.9. The molecular weight excluding hydrogens is 739 g/mol. The van der Waals surface area contributed by atoms with E-state index in [9.17, 15) is 19.5 Å². The van der Waals surface area contributed by atoms with Crippen LogP contribution in [0.15, 0.2) is 24.3 Å². The lowest BCUT2D eigenvalue weighted by Gasteiger charge is -2.31. The lowest BCUT2D eigenvalue weighted by molar-refractivity contribution is -0.887. The third kappa shape index (κ3) is 41.0. The topological polar surface area (TPSA) is 99.1 Å². The second-order valence-corrected chi connectivity index (χ2v) is 18.1. The number of hydrogen-bond donors (Lipinski definition) is 1. The zero-order chi connectivity index (χ0) is 43.5. The van der Waals surface area contributed by atoms with Crippen LogP contribution in [-0.2, 0) is 28.6 Å². The van der Waals surface area contributed by atoms with Gasteiger partial charge in [-0.15, -0.1) is 0 Å². The van der Waals surface area contributed by atoms with E-state index < -0.39 is 18.1 Å². The Balaban J connectivity index is 4.17. The number of carbonyl (C=O) groups excluding carboxylic acids is 2. The molecule has 0 aromatic rings. The molecule has 0 aliphatic rings. The quantitative estimate of drug-likeness (QED) is 0.0282. The predicted octanol–water partition coefficient (Wildman–Crippen LogP) is 14.0. The summed E-state index contributed by atoms with van der Waals surface area (Å²) in [5, 5.41) is 9.63. The lowest BCUT2D eigenvalue weighted by atomic mass is 10.0. The van der Waals surface area contributed by atoms with E-state index in [0.29, 0.717) is 19.3 Å². The van der Waals surface area contributed by atoms with Crippen molar-refractivity contribution in [2.75, 3.05) is 41.0 Å². The number of esters is 2. The highest BCUT2D eigenvalue weighted by Gasteiger charge is 2.31. The third-order valence-corrected chi connectivity index (χ3v) is 11.3. The van der Waals surface area contributed by atoms with Crippen LogP contribution in [0.5, 0.6) is 0 Å². The zero-order valence-electron chi connectivity index (χ0n) is 39.5. The average Bonchev–Trinajstić information content (AvgIpc) is 3.19. The van der Waals surface area contributed by atoms with Crippen molar-refractivity contribution in [1.82, 2.24) is 0 Å². The molecular formula is C51H96NO7+. The van der Waals surface area contributed by atoms with E-state index in [0.717, 1.165) is 70.6 Å². The number of carboxylic acid groups (broad SMARTS) is 1. The van der Waals surface area contributed by atoms with Crippen LogP contribution in [0, 0.1) is 0 Å². The molecule has 0 radical (unpaired) electrons. The van der Waals surface area contributed by atoms with E-state index in [1.807, 2.05) is 21.1 Å². The molecule has 0 aromatic heterocycles. The van der Waals surface area contributed by atoms with Crippen LogP contribution < -0.4 is 0 Å². The summed E-state index contributed by atoms with van der Waals surface area (Å²) in [6.07, 6.45) is 48.0. The molecule has 2 atom stereocenters. The Kier molecular flexibility index (Phi) is 40.9. The molecule has 0 bridgehead atoms. The van der Waals surface area contributed by atoms with Crippen molar-refractivity contribution < 1.29 is 38.2 Å². The number of hydrogen-bond acceptors (Lipinski definition) is 6. The van der Waals surface area contributed by atoms with Gasteiger partial charge in [0.15, 0.2) is 12.1 Å². The Morgan fingerprint density at radius 1 is 0.508 bits per heavy atom. The molecule has 8 nitrogen and oxygen atoms in total. The number of likely N-dealkylation sites (N-methyl/N-ethyl adjacent to an activating group) is 1. The summed E-state index contributed by atoms with van der Waals surface area (Å²) in [5.41, 5.74) is 0. The van der Waals surface area contributed by atoms with Crippen LogP contribution in [0.4, 0.5) is 0 Å². The fourth-order valence-electron chi connectivity index (χ4n) is 7.48. The van der Waals surface area contributed by atoms with Crippen molar-refractivity contribution in [3.8, 4) is 0 Å². The molecule has 0 saturated heterocycles. The first kappa shape index (κ1) is 56.8. The fraction of sp³-hybridized carbons (Fsp3) is 0.863. The number of unbranched alkanes of at least 4 members (excludes halogenated alkanes) is 27. The number of allylic oxidation sites excluding steroid dienone is 4. The number of quaternary nitrogens is 1. The first-order chi connectivity index (χ1) is 28.6. The van der Waals surface area contributed by atoms with E-state index in [4.69, 9.17) is 14.2 Å². The van der Waals surface area contributed by atoms with E-state index >= 15 is 0 Å². The smallest absolute Gasteiger partial charge is 0.362 e. The molecule has 0 heterocycles. The lowest BCUT2D eigenvalue weighted by Crippen LogP contribution is -2.50. The summed E-state index contributed by atoms with van der Waals surface area (Å²) in [6.45, 7) is 4.69. The van der Waals surface area contributed by atoms with Gasteiger partial charge in [0, 0.05) is 19.3 Å². The van der Waals surface area contributed by atoms with Gasteiger partial charge in [-0.3, -0.25) is 9.59 Å². The maximum atomic E-state index is 12.7. The minimum atomic E-state index is -0.875. The SMILES string of the molecule is CCC/C=C\C/C=C\CCCCCCCC(=O)OC(COCCC(C(=O)O)[N+](C)(C)C)COC(=O)CCCCCCCCCCCCCCCCCCCCCCCC. The molecule has 0 saturated carbocycles. The van der Waals surface area contributed by atoms with Crippen LogP contribution in [0.25, 0.3) is 0 Å². The molecule has 0 aliphatic carbocycles. The van der Waals surface area contributed by atoms with E-state index in [1.54, 1.807) is 0 Å². The number of rotatable bonds is 45. The van der Waals surface area contributed by atoms with Gasteiger partial charge in [0.1, 0.15) is 6.61 Å². The second kappa shape index (κ2) is 42.5. The average molecular weight is 835 g/mol. The highest BCUT2D eigenvalue weighted by atomic mass is 16.6. The van der Waals surface area contributed by atoms with Crippen LogP contribution in [0.3, 0.4) is 0 Å². The Morgan fingerprint density at radius 3 is 1.37 bits per heavy atom. The van der Waals surface area contributed by atoms with Gasteiger partial charge >= 0.3 is 17.9 Å². The molecule has 0 aliphatic heterocycles. The molecule has 0 aromatic carbocycles. The summed E-state index contributed by atoms with van der Waals surface area (Å²) in [5.74, 6) is -1.47. The second-order valence-electron chi connectivity index (χ2n) is 18.1. The summed E-state index contributed by atoms with van der Waals surface area (Å²) < 4.78 is 17.3. The molecule has 0 amide bonds. The number of carbonyl (C=O) groups is 3. The standard InChI is InChI=1S/C51H95NO7/c1-6-8-10-12-14-16-18-20-21-22-23-24-25-26-27-28-30-31-33-35-37-39-41-49(53)58-46-47(45-57-44-43-48(51(55)56)52(3,4)5)59-50(54)42-40-38-36-34-32-29-19-17-15-13-11-9-7-2/h11,13,17,19,47-48H,6-10,12,14-16,18,20-46H2,1-5H3/p+1/b13-11-,19-17-. The van der Waals surface area contributed by atoms with Gasteiger partial charge in [0.2, 0.25) is 0 Å². The summed E-state index contributed by atoms with van der Waals surface area (Å²) in [6, 6.07) is -0.614. The van der Waals surface area contributed by atoms with E-state index in [-0.39, 0.29) is 36.2 Å². The van der Waals surface area contributed by atoms with Crippen molar-refractivity contribution in [2.24, 2.45) is 0 Å². The van der Waals surface area contributed by atoms with E-state index in [2.05, 4.69) is 38.2 Å². The highest BCUT2D eigenvalue weighted by molar-refractivity contribution is 5.72. The number of nitrogens with zero attached hydrogens (tertiary/aromatic N) is 1.